The van der Waals surface area contributed by atoms with Gasteiger partial charge in [-0.05, 0) is 6.42 Å². The lowest BCUT2D eigenvalue weighted by Gasteiger charge is -2.15. The second-order valence-corrected chi connectivity index (χ2v) is 7.55. The third-order valence-corrected chi connectivity index (χ3v) is 5.03. The zero-order valence-electron chi connectivity index (χ0n) is 13.2. The molecule has 0 amide bonds. The molecule has 0 bridgehead atoms. The highest BCUT2D eigenvalue weighted by Crippen LogP contribution is 2.32. The van der Waals surface area contributed by atoms with E-state index in [2.05, 4.69) is 45.8 Å². The fourth-order valence-electron chi connectivity index (χ4n) is 2.35. The lowest BCUT2D eigenvalue weighted by Crippen LogP contribution is -2.21. The van der Waals surface area contributed by atoms with Crippen LogP contribution in [0, 0.1) is 5.92 Å². The summed E-state index contributed by atoms with van der Waals surface area (Å²) in [4.78, 5) is 10.4. The quantitative estimate of drug-likeness (QED) is 0.863. The van der Waals surface area contributed by atoms with E-state index in [4.69, 9.17) is 4.74 Å². The highest BCUT2D eigenvalue weighted by Gasteiger charge is 2.27. The number of nitrogens with zero attached hydrogens (tertiary/aromatic N) is 5. The van der Waals surface area contributed by atoms with E-state index in [9.17, 15) is 0 Å². The third kappa shape index (κ3) is 3.52. The molecule has 1 fully saturated rings. The van der Waals surface area contributed by atoms with Crippen LogP contribution < -0.4 is 9.64 Å². The summed E-state index contributed by atoms with van der Waals surface area (Å²) >= 11 is 1.69. The Hall–Kier alpha value is -1.76. The smallest absolute Gasteiger partial charge is 0.232 e. The van der Waals surface area contributed by atoms with Crippen LogP contribution in [0.3, 0.4) is 0 Å². The Bertz CT molecular complexity index is 610. The molecule has 1 unspecified atom stereocenters. The molecule has 118 valence electrons. The number of anilines is 1. The number of hydrogen-bond donors (Lipinski definition) is 0. The van der Waals surface area contributed by atoms with Crippen LogP contribution >= 0.6 is 11.3 Å². The molecular weight excluding hydrogens is 298 g/mol. The fourth-order valence-corrected chi connectivity index (χ4v) is 3.29. The van der Waals surface area contributed by atoms with Gasteiger partial charge in [-0.2, -0.15) is 0 Å². The summed E-state index contributed by atoms with van der Waals surface area (Å²) in [5.74, 6) is 1.08. The average Bonchev–Trinajstić information content (AvgIpc) is 3.14. The number of ether oxygens (including phenoxy) is 1. The van der Waals surface area contributed by atoms with Crippen LogP contribution in [0.2, 0.25) is 0 Å². The second-order valence-electron chi connectivity index (χ2n) is 6.60. The van der Waals surface area contributed by atoms with Gasteiger partial charge >= 0.3 is 0 Å². The highest BCUT2D eigenvalue weighted by molar-refractivity contribution is 7.15. The minimum Gasteiger partial charge on any atom is -0.476 e. The van der Waals surface area contributed by atoms with Crippen molar-refractivity contribution in [1.82, 2.24) is 20.2 Å². The standard InChI is InChI=1S/C15H21N5OS/c1-15(2,3)13-18-19-14(22-13)20-7-4-11(9-20)10-21-12-8-16-5-6-17-12/h5-6,8,11H,4,7,9-10H2,1-3H3. The summed E-state index contributed by atoms with van der Waals surface area (Å²) in [7, 11) is 0. The van der Waals surface area contributed by atoms with Crippen molar-refractivity contribution in [3.05, 3.63) is 23.6 Å². The molecule has 0 N–H and O–H groups in total. The van der Waals surface area contributed by atoms with Crippen LogP contribution in [0.15, 0.2) is 18.6 Å². The molecule has 1 aliphatic heterocycles. The Balaban J connectivity index is 1.55. The van der Waals surface area contributed by atoms with Gasteiger partial charge in [0.25, 0.3) is 0 Å². The first-order valence-electron chi connectivity index (χ1n) is 7.50. The first-order valence-corrected chi connectivity index (χ1v) is 8.32. The van der Waals surface area contributed by atoms with Crippen molar-refractivity contribution in [3.8, 4) is 5.88 Å². The lowest BCUT2D eigenvalue weighted by atomic mass is 9.98. The molecule has 1 aliphatic rings. The minimum atomic E-state index is 0.0597. The first kappa shape index (κ1) is 15.1. The lowest BCUT2D eigenvalue weighted by molar-refractivity contribution is 0.251. The van der Waals surface area contributed by atoms with Crippen molar-refractivity contribution in [2.75, 3.05) is 24.6 Å². The largest absolute Gasteiger partial charge is 0.476 e. The second kappa shape index (κ2) is 6.16. The van der Waals surface area contributed by atoms with Gasteiger partial charge in [0.15, 0.2) is 0 Å². The number of aromatic nitrogens is 4. The Kier molecular flexibility index (Phi) is 4.24. The molecule has 2 aromatic rings. The number of rotatable bonds is 4. The van der Waals surface area contributed by atoms with Gasteiger partial charge < -0.3 is 9.64 Å². The summed E-state index contributed by atoms with van der Waals surface area (Å²) in [6, 6.07) is 0. The van der Waals surface area contributed by atoms with Crippen LogP contribution in [0.5, 0.6) is 5.88 Å². The van der Waals surface area contributed by atoms with Gasteiger partial charge in [-0.15, -0.1) is 10.2 Å². The summed E-state index contributed by atoms with van der Waals surface area (Å²) in [6.07, 6.45) is 6.04. The molecule has 22 heavy (non-hydrogen) atoms. The monoisotopic (exact) mass is 319 g/mol. The van der Waals surface area contributed by atoms with Crippen LogP contribution in [-0.4, -0.2) is 39.9 Å². The molecule has 7 heteroatoms. The van der Waals surface area contributed by atoms with E-state index < -0.39 is 0 Å². The zero-order valence-corrected chi connectivity index (χ0v) is 14.0. The van der Waals surface area contributed by atoms with Crippen molar-refractivity contribution in [3.63, 3.8) is 0 Å². The highest BCUT2D eigenvalue weighted by atomic mass is 32.1. The third-order valence-electron chi connectivity index (χ3n) is 3.62. The topological polar surface area (TPSA) is 64.0 Å². The molecule has 0 aromatic carbocycles. The Labute approximate surface area is 134 Å². The fraction of sp³-hybridized carbons (Fsp3) is 0.600. The van der Waals surface area contributed by atoms with Crippen LogP contribution in [-0.2, 0) is 5.41 Å². The van der Waals surface area contributed by atoms with Gasteiger partial charge in [-0.25, -0.2) is 4.98 Å². The summed E-state index contributed by atoms with van der Waals surface area (Å²) in [6.45, 7) is 9.13. The predicted molar refractivity (Wildman–Crippen MR) is 86.5 cm³/mol. The van der Waals surface area contributed by atoms with Gasteiger partial charge in [0, 0.05) is 36.8 Å². The minimum absolute atomic E-state index is 0.0597. The predicted octanol–water partition coefficient (Wildman–Crippen LogP) is 2.53. The molecule has 6 nitrogen and oxygen atoms in total. The van der Waals surface area contributed by atoms with E-state index >= 15 is 0 Å². The van der Waals surface area contributed by atoms with Crippen LogP contribution in [0.25, 0.3) is 0 Å². The maximum absolute atomic E-state index is 5.70. The maximum Gasteiger partial charge on any atom is 0.232 e. The summed E-state index contributed by atoms with van der Waals surface area (Å²) in [5.41, 5.74) is 0.0597. The van der Waals surface area contributed by atoms with Gasteiger partial charge in [-0.1, -0.05) is 32.1 Å². The van der Waals surface area contributed by atoms with Gasteiger partial charge in [0.1, 0.15) is 5.01 Å². The molecule has 2 aromatic heterocycles. The molecule has 0 spiro atoms. The van der Waals surface area contributed by atoms with Crippen molar-refractivity contribution in [2.24, 2.45) is 5.92 Å². The number of hydrogen-bond acceptors (Lipinski definition) is 7. The Morgan fingerprint density at radius 2 is 2.18 bits per heavy atom. The first-order chi connectivity index (χ1) is 10.5. The van der Waals surface area contributed by atoms with Gasteiger partial charge in [-0.3, -0.25) is 4.98 Å². The maximum atomic E-state index is 5.70. The van der Waals surface area contributed by atoms with Gasteiger partial charge in [0.2, 0.25) is 11.0 Å². The summed E-state index contributed by atoms with van der Waals surface area (Å²) in [5, 5.41) is 10.8. The molecule has 0 aliphatic carbocycles. The molecule has 3 rings (SSSR count). The Morgan fingerprint density at radius 1 is 1.32 bits per heavy atom. The van der Waals surface area contributed by atoms with E-state index in [0.29, 0.717) is 18.4 Å². The van der Waals surface area contributed by atoms with Crippen molar-refractivity contribution < 1.29 is 4.74 Å². The summed E-state index contributed by atoms with van der Waals surface area (Å²) < 4.78 is 5.70. The van der Waals surface area contributed by atoms with Crippen molar-refractivity contribution in [2.45, 2.75) is 32.6 Å². The zero-order chi connectivity index (χ0) is 15.6. The normalized spacial score (nSPS) is 18.7. The van der Waals surface area contributed by atoms with Crippen LogP contribution in [0.4, 0.5) is 5.13 Å². The van der Waals surface area contributed by atoms with E-state index in [1.54, 1.807) is 29.9 Å². The van der Waals surface area contributed by atoms with Gasteiger partial charge in [0.05, 0.1) is 12.8 Å². The SMILES string of the molecule is CC(C)(C)c1nnc(N2CCC(COc3cnccn3)C2)s1. The molecule has 3 heterocycles. The van der Waals surface area contributed by atoms with Crippen molar-refractivity contribution >= 4 is 16.5 Å². The molecular formula is C15H21N5OS. The Morgan fingerprint density at radius 3 is 2.86 bits per heavy atom. The average molecular weight is 319 g/mol. The molecule has 0 saturated carbocycles. The van der Waals surface area contributed by atoms with E-state index in [0.717, 1.165) is 29.6 Å². The van der Waals surface area contributed by atoms with E-state index in [1.807, 2.05) is 0 Å². The molecule has 0 radical (unpaired) electrons. The van der Waals surface area contributed by atoms with Crippen LogP contribution in [0.1, 0.15) is 32.2 Å². The molecule has 1 atom stereocenters. The molecule has 1 saturated heterocycles. The van der Waals surface area contributed by atoms with E-state index in [1.165, 1.54) is 0 Å². The van der Waals surface area contributed by atoms with E-state index in [-0.39, 0.29) is 5.41 Å². The van der Waals surface area contributed by atoms with Crippen molar-refractivity contribution in [1.29, 1.82) is 0 Å².